The molecular weight excluding hydrogens is 401 g/mol. The lowest BCUT2D eigenvalue weighted by molar-refractivity contribution is -0.146. The molecule has 1 amide bonds. The highest BCUT2D eigenvalue weighted by atomic mass is 35.5. The van der Waals surface area contributed by atoms with Gasteiger partial charge in [0.15, 0.2) is 0 Å². The van der Waals surface area contributed by atoms with Crippen molar-refractivity contribution in [2.45, 2.75) is 33.2 Å². The third-order valence-corrected chi connectivity index (χ3v) is 5.77. The minimum absolute atomic E-state index is 0.294. The van der Waals surface area contributed by atoms with Crippen molar-refractivity contribution < 1.29 is 14.7 Å². The lowest BCUT2D eigenvalue weighted by Crippen LogP contribution is -2.35. The largest absolute Gasteiger partial charge is 0.481 e. The van der Waals surface area contributed by atoms with E-state index in [9.17, 15) is 14.7 Å². The summed E-state index contributed by atoms with van der Waals surface area (Å²) in [5.74, 6) is -2.55. The molecule has 2 atom stereocenters. The molecular formula is C20H21Cl2N3O3. The summed E-state index contributed by atoms with van der Waals surface area (Å²) in [5, 5.41) is 17.7. The Morgan fingerprint density at radius 1 is 1.18 bits per heavy atom. The van der Waals surface area contributed by atoms with Crippen molar-refractivity contribution >= 4 is 40.8 Å². The molecule has 0 bridgehead atoms. The van der Waals surface area contributed by atoms with Gasteiger partial charge in [-0.2, -0.15) is 5.10 Å². The van der Waals surface area contributed by atoms with Gasteiger partial charge in [-0.15, -0.1) is 0 Å². The molecule has 1 aromatic carbocycles. The number of carbonyl (C=O) groups is 2. The smallest absolute Gasteiger partial charge is 0.307 e. The predicted molar refractivity (Wildman–Crippen MR) is 109 cm³/mol. The van der Waals surface area contributed by atoms with Crippen LogP contribution < -0.4 is 5.32 Å². The van der Waals surface area contributed by atoms with Gasteiger partial charge in [0, 0.05) is 0 Å². The average Bonchev–Trinajstić information content (AvgIpc) is 2.92. The summed E-state index contributed by atoms with van der Waals surface area (Å²) < 4.78 is 1.78. The highest BCUT2D eigenvalue weighted by molar-refractivity contribution is 6.42. The second-order valence-electron chi connectivity index (χ2n) is 6.94. The Morgan fingerprint density at radius 2 is 1.86 bits per heavy atom. The van der Waals surface area contributed by atoms with Crippen LogP contribution in [-0.4, -0.2) is 26.8 Å². The molecule has 0 spiro atoms. The average molecular weight is 422 g/mol. The maximum Gasteiger partial charge on any atom is 0.307 e. The molecule has 0 saturated heterocycles. The maximum absolute atomic E-state index is 12.8. The second kappa shape index (κ2) is 8.37. The number of anilines is 1. The summed E-state index contributed by atoms with van der Waals surface area (Å²) in [7, 11) is 0. The summed E-state index contributed by atoms with van der Waals surface area (Å²) in [6.07, 6.45) is 4.45. The number of carbonyl (C=O) groups excluding carboxylic acids is 1. The van der Waals surface area contributed by atoms with Gasteiger partial charge in [-0.05, 0) is 44.4 Å². The molecule has 3 rings (SSSR count). The normalized spacial score (nSPS) is 18.9. The zero-order valence-electron chi connectivity index (χ0n) is 15.6. The molecule has 1 aromatic heterocycles. The molecule has 2 N–H and O–H groups in total. The van der Waals surface area contributed by atoms with E-state index in [0.29, 0.717) is 40.8 Å². The van der Waals surface area contributed by atoms with E-state index in [0.717, 1.165) is 11.3 Å². The van der Waals surface area contributed by atoms with E-state index in [1.807, 2.05) is 32.1 Å². The van der Waals surface area contributed by atoms with Crippen molar-refractivity contribution in [2.75, 3.05) is 5.32 Å². The van der Waals surface area contributed by atoms with E-state index in [4.69, 9.17) is 23.2 Å². The fraction of sp³-hybridized carbons (Fsp3) is 0.350. The van der Waals surface area contributed by atoms with Crippen molar-refractivity contribution in [3.63, 3.8) is 0 Å². The first kappa shape index (κ1) is 20.4. The molecule has 1 heterocycles. The number of benzene rings is 1. The van der Waals surface area contributed by atoms with Crippen LogP contribution >= 0.6 is 23.2 Å². The summed E-state index contributed by atoms with van der Waals surface area (Å²) in [4.78, 5) is 24.2. The van der Waals surface area contributed by atoms with Gasteiger partial charge in [-0.25, -0.2) is 0 Å². The zero-order chi connectivity index (χ0) is 20.4. The summed E-state index contributed by atoms with van der Waals surface area (Å²) in [6.45, 7) is 4.15. The van der Waals surface area contributed by atoms with Crippen LogP contribution in [0.2, 0.25) is 10.0 Å². The number of allylic oxidation sites excluding steroid dienone is 2. The monoisotopic (exact) mass is 421 g/mol. The minimum atomic E-state index is -0.951. The first-order valence-electron chi connectivity index (χ1n) is 8.94. The fourth-order valence-electron chi connectivity index (χ4n) is 3.44. The number of amides is 1. The van der Waals surface area contributed by atoms with Gasteiger partial charge in [0.05, 0.1) is 45.5 Å². The minimum Gasteiger partial charge on any atom is -0.481 e. The topological polar surface area (TPSA) is 84.2 Å². The van der Waals surface area contributed by atoms with Crippen molar-refractivity contribution in [3.8, 4) is 0 Å². The highest BCUT2D eigenvalue weighted by Crippen LogP contribution is 2.29. The van der Waals surface area contributed by atoms with Crippen LogP contribution in [0.15, 0.2) is 30.4 Å². The van der Waals surface area contributed by atoms with Crippen LogP contribution in [0.1, 0.15) is 29.8 Å². The van der Waals surface area contributed by atoms with E-state index < -0.39 is 17.8 Å². The van der Waals surface area contributed by atoms with E-state index in [-0.39, 0.29) is 5.91 Å². The van der Waals surface area contributed by atoms with Crippen molar-refractivity contribution in [1.82, 2.24) is 9.78 Å². The van der Waals surface area contributed by atoms with Gasteiger partial charge in [0.25, 0.3) is 0 Å². The van der Waals surface area contributed by atoms with Gasteiger partial charge in [-0.1, -0.05) is 41.4 Å². The molecule has 2 aromatic rings. The zero-order valence-corrected chi connectivity index (χ0v) is 17.1. The number of hydrogen-bond donors (Lipinski definition) is 2. The Hall–Kier alpha value is -2.31. The SMILES string of the molecule is Cc1nn(Cc2ccc(Cl)c(Cl)c2)c(C)c1NC(=O)[C@H]1CC=CC[C@H]1C(=O)O. The summed E-state index contributed by atoms with van der Waals surface area (Å²) in [6, 6.07) is 5.38. The number of carboxylic acids is 1. The van der Waals surface area contributed by atoms with Crippen molar-refractivity contribution in [3.05, 3.63) is 57.3 Å². The van der Waals surface area contributed by atoms with Crippen LogP contribution in [0.4, 0.5) is 5.69 Å². The number of hydrogen-bond acceptors (Lipinski definition) is 3. The van der Waals surface area contributed by atoms with Gasteiger partial charge in [0.2, 0.25) is 5.91 Å². The van der Waals surface area contributed by atoms with Gasteiger partial charge in [0.1, 0.15) is 0 Å². The van der Waals surface area contributed by atoms with Gasteiger partial charge < -0.3 is 10.4 Å². The summed E-state index contributed by atoms with van der Waals surface area (Å²) >= 11 is 12.0. The second-order valence-corrected chi connectivity index (χ2v) is 7.75. The van der Waals surface area contributed by atoms with Gasteiger partial charge in [-0.3, -0.25) is 14.3 Å². The number of carboxylic acid groups (broad SMARTS) is 1. The number of aliphatic carboxylic acids is 1. The van der Waals surface area contributed by atoms with Crippen LogP contribution in [0.25, 0.3) is 0 Å². The van der Waals surface area contributed by atoms with Crippen LogP contribution in [0.5, 0.6) is 0 Å². The molecule has 0 radical (unpaired) electrons. The van der Waals surface area contributed by atoms with Crippen molar-refractivity contribution in [2.24, 2.45) is 11.8 Å². The molecule has 28 heavy (non-hydrogen) atoms. The molecule has 0 aliphatic heterocycles. The molecule has 0 saturated carbocycles. The highest BCUT2D eigenvalue weighted by Gasteiger charge is 2.34. The molecule has 0 unspecified atom stereocenters. The fourth-order valence-corrected chi connectivity index (χ4v) is 3.76. The lowest BCUT2D eigenvalue weighted by Gasteiger charge is -2.24. The standard InChI is InChI=1S/C20H21Cl2N3O3/c1-11-18(23-19(26)14-5-3-4-6-15(14)20(27)28)12(2)25(24-11)10-13-7-8-16(21)17(22)9-13/h3-4,7-9,14-15H,5-6,10H2,1-2H3,(H,23,26)(H,27,28)/t14-,15+/m0/s1. The molecule has 8 heteroatoms. The molecule has 148 valence electrons. The first-order valence-corrected chi connectivity index (χ1v) is 9.70. The van der Waals surface area contributed by atoms with Crippen molar-refractivity contribution in [1.29, 1.82) is 0 Å². The molecule has 6 nitrogen and oxygen atoms in total. The Morgan fingerprint density at radius 3 is 2.50 bits per heavy atom. The number of nitrogens with one attached hydrogen (secondary N) is 1. The number of rotatable bonds is 5. The Kier molecular flexibility index (Phi) is 6.10. The van der Waals surface area contributed by atoms with E-state index in [1.165, 1.54) is 0 Å². The maximum atomic E-state index is 12.8. The Bertz CT molecular complexity index is 952. The predicted octanol–water partition coefficient (Wildman–Crippen LogP) is 4.46. The van der Waals surface area contributed by atoms with E-state index in [2.05, 4.69) is 10.4 Å². The van der Waals surface area contributed by atoms with Gasteiger partial charge >= 0.3 is 5.97 Å². The molecule has 0 fully saturated rings. The molecule has 1 aliphatic rings. The number of halogens is 2. The van der Waals surface area contributed by atoms with Crippen LogP contribution in [-0.2, 0) is 16.1 Å². The first-order chi connectivity index (χ1) is 13.3. The third-order valence-electron chi connectivity index (χ3n) is 5.03. The third kappa shape index (κ3) is 4.23. The Labute approximate surface area is 173 Å². The van der Waals surface area contributed by atoms with Crippen LogP contribution in [0, 0.1) is 25.7 Å². The number of aromatic nitrogens is 2. The summed E-state index contributed by atoms with van der Waals surface area (Å²) in [5.41, 5.74) is 3.00. The lowest BCUT2D eigenvalue weighted by atomic mass is 9.82. The van der Waals surface area contributed by atoms with E-state index >= 15 is 0 Å². The number of nitrogens with zero attached hydrogens (tertiary/aromatic N) is 2. The quantitative estimate of drug-likeness (QED) is 0.697. The Balaban J connectivity index is 1.79. The van der Waals surface area contributed by atoms with Crippen LogP contribution in [0.3, 0.4) is 0 Å². The number of aryl methyl sites for hydroxylation is 1. The van der Waals surface area contributed by atoms with E-state index in [1.54, 1.807) is 16.8 Å². The molecule has 1 aliphatic carbocycles.